The third kappa shape index (κ3) is 5.18. The summed E-state index contributed by atoms with van der Waals surface area (Å²) in [6.45, 7) is 1.89. The number of rotatable bonds is 8. The second-order valence-corrected chi connectivity index (χ2v) is 10.7. The van der Waals surface area contributed by atoms with Crippen molar-refractivity contribution in [3.63, 3.8) is 0 Å². The van der Waals surface area contributed by atoms with Crippen molar-refractivity contribution in [3.05, 3.63) is 98.8 Å². The fourth-order valence-corrected chi connectivity index (χ4v) is 6.14. The molecule has 3 aromatic heterocycles. The summed E-state index contributed by atoms with van der Waals surface area (Å²) in [6, 6.07) is 20.0. The smallest absolute Gasteiger partial charge is 0.358 e. The van der Waals surface area contributed by atoms with E-state index in [9.17, 15) is 19.2 Å². The summed E-state index contributed by atoms with van der Waals surface area (Å²) in [5.41, 5.74) is 7.66. The molecule has 3 heterocycles. The lowest BCUT2D eigenvalue weighted by Gasteiger charge is -2.13. The molecule has 10 nitrogen and oxygen atoms in total. The number of carbonyl (C=O) groups is 3. The van der Waals surface area contributed by atoms with Gasteiger partial charge in [-0.05, 0) is 24.1 Å². The van der Waals surface area contributed by atoms with E-state index >= 15 is 0 Å². The molecule has 0 fully saturated rings. The van der Waals surface area contributed by atoms with Crippen molar-refractivity contribution in [2.24, 2.45) is 5.73 Å². The van der Waals surface area contributed by atoms with Crippen LogP contribution in [0.4, 0.5) is 0 Å². The van der Waals surface area contributed by atoms with Crippen LogP contribution in [0.2, 0.25) is 0 Å². The molecule has 0 bridgehead atoms. The van der Waals surface area contributed by atoms with Gasteiger partial charge in [0.25, 0.3) is 17.4 Å². The van der Waals surface area contributed by atoms with Crippen molar-refractivity contribution >= 4 is 51.1 Å². The largest absolute Gasteiger partial charge is 0.464 e. The van der Waals surface area contributed by atoms with Gasteiger partial charge in [0.2, 0.25) is 0 Å². The summed E-state index contributed by atoms with van der Waals surface area (Å²) in [4.78, 5) is 56.6. The van der Waals surface area contributed by atoms with Crippen molar-refractivity contribution in [2.45, 2.75) is 18.6 Å². The minimum atomic E-state index is -0.668. The molecule has 0 atom stereocenters. The van der Waals surface area contributed by atoms with Gasteiger partial charge in [0.05, 0.1) is 35.4 Å². The monoisotopic (exact) mass is 573 g/mol. The zero-order valence-electron chi connectivity index (χ0n) is 21.5. The number of nitrogens with two attached hydrogens (primary N) is 1. The average molecular weight is 574 g/mol. The number of methoxy groups -OCH3 is 1. The first kappa shape index (κ1) is 27.0. The SMILES string of the molecule is COC(=O)c1cc(-c2ccccc2)n(C(=O)CSc2nc3sc(C(N)=O)c(C)c3c(=O)n2Cc2ccccc2)n1. The quantitative estimate of drug-likeness (QED) is 0.167. The minimum Gasteiger partial charge on any atom is -0.464 e. The standard InChI is InChI=1S/C28H23N5O5S2/c1-16-22-25(40-23(16)24(29)35)30-28(32(26(22)36)14-17-9-5-3-6-10-17)39-15-21(34)33-20(18-11-7-4-8-12-18)13-19(31-33)27(37)38-2/h3-13H,14-15H2,1-2H3,(H2,29,35). The van der Waals surface area contributed by atoms with E-state index < -0.39 is 17.8 Å². The van der Waals surface area contributed by atoms with Crippen molar-refractivity contribution in [3.8, 4) is 11.3 Å². The van der Waals surface area contributed by atoms with Crippen LogP contribution < -0.4 is 11.3 Å². The molecule has 0 aliphatic heterocycles. The number of carbonyl (C=O) groups excluding carboxylic acids is 3. The summed E-state index contributed by atoms with van der Waals surface area (Å²) in [7, 11) is 1.24. The maximum Gasteiger partial charge on any atom is 0.358 e. The van der Waals surface area contributed by atoms with Crippen molar-refractivity contribution < 1.29 is 19.1 Å². The van der Waals surface area contributed by atoms with Gasteiger partial charge in [-0.15, -0.1) is 11.3 Å². The summed E-state index contributed by atoms with van der Waals surface area (Å²) in [6.07, 6.45) is 0. The maximum absolute atomic E-state index is 13.7. The van der Waals surface area contributed by atoms with E-state index in [2.05, 4.69) is 10.1 Å². The number of aryl methyl sites for hydroxylation is 1. The molecule has 5 rings (SSSR count). The van der Waals surface area contributed by atoms with E-state index in [0.29, 0.717) is 32.2 Å². The number of primary amides is 1. The topological polar surface area (TPSA) is 139 Å². The highest BCUT2D eigenvalue weighted by atomic mass is 32.2. The van der Waals surface area contributed by atoms with E-state index in [1.54, 1.807) is 19.1 Å². The lowest BCUT2D eigenvalue weighted by molar-refractivity contribution is 0.0593. The van der Waals surface area contributed by atoms with Crippen LogP contribution in [0.5, 0.6) is 0 Å². The van der Waals surface area contributed by atoms with Crippen LogP contribution in [-0.2, 0) is 11.3 Å². The molecule has 40 heavy (non-hydrogen) atoms. The predicted octanol–water partition coefficient (Wildman–Crippen LogP) is 4.00. The molecule has 0 saturated carbocycles. The molecule has 5 aromatic rings. The highest BCUT2D eigenvalue weighted by molar-refractivity contribution is 7.99. The van der Waals surface area contributed by atoms with E-state index in [1.165, 1.54) is 17.7 Å². The molecule has 0 saturated heterocycles. The number of benzene rings is 2. The van der Waals surface area contributed by atoms with Crippen molar-refractivity contribution in [1.82, 2.24) is 19.3 Å². The summed E-state index contributed by atoms with van der Waals surface area (Å²) < 4.78 is 7.44. The van der Waals surface area contributed by atoms with Gasteiger partial charge in [-0.1, -0.05) is 72.4 Å². The van der Waals surface area contributed by atoms with Crippen LogP contribution in [-0.4, -0.2) is 50.0 Å². The number of fused-ring (bicyclic) bond motifs is 1. The van der Waals surface area contributed by atoms with Gasteiger partial charge in [0.15, 0.2) is 10.9 Å². The van der Waals surface area contributed by atoms with Gasteiger partial charge in [-0.2, -0.15) is 9.78 Å². The zero-order chi connectivity index (χ0) is 28.4. The normalized spacial score (nSPS) is 11.1. The molecule has 0 aliphatic carbocycles. The highest BCUT2D eigenvalue weighted by Crippen LogP contribution is 2.30. The number of hydrogen-bond acceptors (Lipinski definition) is 9. The van der Waals surface area contributed by atoms with Crippen LogP contribution >= 0.6 is 23.1 Å². The Kier molecular flexibility index (Phi) is 7.63. The van der Waals surface area contributed by atoms with Crippen LogP contribution in [0.3, 0.4) is 0 Å². The molecular formula is C28H23N5O5S2. The minimum absolute atomic E-state index is 0.00623. The third-order valence-corrected chi connectivity index (χ3v) is 8.32. The van der Waals surface area contributed by atoms with Gasteiger partial charge in [0, 0.05) is 5.56 Å². The predicted molar refractivity (Wildman–Crippen MR) is 153 cm³/mol. The van der Waals surface area contributed by atoms with Gasteiger partial charge >= 0.3 is 5.97 Å². The Morgan fingerprint density at radius 3 is 2.38 bits per heavy atom. The molecule has 12 heteroatoms. The second kappa shape index (κ2) is 11.3. The first-order valence-electron chi connectivity index (χ1n) is 12.1. The molecule has 0 unspecified atom stereocenters. The van der Waals surface area contributed by atoms with Crippen LogP contribution in [0.1, 0.15) is 36.1 Å². The molecular weight excluding hydrogens is 550 g/mol. The number of thiophene rings is 1. The van der Waals surface area contributed by atoms with E-state index in [1.807, 2.05) is 48.5 Å². The molecule has 1 amide bonds. The lowest BCUT2D eigenvalue weighted by atomic mass is 10.1. The first-order chi connectivity index (χ1) is 19.3. The summed E-state index contributed by atoms with van der Waals surface area (Å²) in [5, 5.41) is 4.83. The highest BCUT2D eigenvalue weighted by Gasteiger charge is 2.23. The van der Waals surface area contributed by atoms with Crippen LogP contribution in [0, 0.1) is 6.92 Å². The fourth-order valence-electron chi connectivity index (χ4n) is 4.23. The zero-order valence-corrected chi connectivity index (χ0v) is 23.1. The van der Waals surface area contributed by atoms with Crippen LogP contribution in [0.15, 0.2) is 76.7 Å². The van der Waals surface area contributed by atoms with Crippen molar-refractivity contribution in [2.75, 3.05) is 12.9 Å². The molecule has 202 valence electrons. The Hall–Kier alpha value is -4.55. The molecule has 0 spiro atoms. The Bertz CT molecular complexity index is 1810. The number of amides is 1. The maximum atomic E-state index is 13.7. The number of nitrogens with zero attached hydrogens (tertiary/aromatic N) is 4. The average Bonchev–Trinajstić information content (AvgIpc) is 3.56. The Morgan fingerprint density at radius 1 is 1.05 bits per heavy atom. The van der Waals surface area contributed by atoms with Gasteiger partial charge < -0.3 is 10.5 Å². The molecule has 2 aromatic carbocycles. The Balaban J connectivity index is 1.54. The second-order valence-electron chi connectivity index (χ2n) is 8.74. The molecule has 0 aliphatic rings. The third-order valence-electron chi connectivity index (χ3n) is 6.16. The van der Waals surface area contributed by atoms with E-state index in [0.717, 1.165) is 33.3 Å². The number of hydrogen-bond donors (Lipinski definition) is 1. The number of ether oxygens (including phenoxy) is 1. The number of aromatic nitrogens is 4. The van der Waals surface area contributed by atoms with E-state index in [4.69, 9.17) is 10.5 Å². The first-order valence-corrected chi connectivity index (χ1v) is 13.9. The number of esters is 1. The number of thioether (sulfide) groups is 1. The van der Waals surface area contributed by atoms with Gasteiger partial charge in [0.1, 0.15) is 4.83 Å². The lowest BCUT2D eigenvalue weighted by Crippen LogP contribution is -2.25. The van der Waals surface area contributed by atoms with Crippen LogP contribution in [0.25, 0.3) is 21.5 Å². The summed E-state index contributed by atoms with van der Waals surface area (Å²) >= 11 is 2.11. The molecule has 2 N–H and O–H groups in total. The van der Waals surface area contributed by atoms with Gasteiger partial charge in [-0.25, -0.2) is 9.78 Å². The molecule has 0 radical (unpaired) electrons. The Labute approximate surface area is 236 Å². The summed E-state index contributed by atoms with van der Waals surface area (Å²) in [5.74, 6) is -1.87. The van der Waals surface area contributed by atoms with Gasteiger partial charge in [-0.3, -0.25) is 19.0 Å². The van der Waals surface area contributed by atoms with E-state index in [-0.39, 0.29) is 28.4 Å². The Morgan fingerprint density at radius 2 is 1.73 bits per heavy atom. The van der Waals surface area contributed by atoms with Crippen molar-refractivity contribution in [1.29, 1.82) is 0 Å². The fraction of sp³-hybridized carbons (Fsp3) is 0.143.